The second-order valence-electron chi connectivity index (χ2n) is 6.61. The van der Waals surface area contributed by atoms with E-state index in [-0.39, 0.29) is 0 Å². The number of aliphatic carboxylic acids is 1. The lowest BCUT2D eigenvalue weighted by atomic mass is 10.0. The zero-order valence-electron chi connectivity index (χ0n) is 15.0. The van der Waals surface area contributed by atoms with E-state index in [2.05, 4.69) is 10.3 Å². The maximum atomic E-state index is 11.7. The second-order valence-corrected chi connectivity index (χ2v) is 7.05. The number of hydrogen-bond acceptors (Lipinski definition) is 3. The molecule has 4 aromatic rings. The molecule has 2 aromatic heterocycles. The molecule has 5 nitrogen and oxygen atoms in total. The molecular weight excluding hydrogens is 376 g/mol. The van der Waals surface area contributed by atoms with Crippen LogP contribution in [0.3, 0.4) is 0 Å². The molecule has 2 heterocycles. The van der Waals surface area contributed by atoms with E-state index in [1.54, 1.807) is 6.07 Å². The summed E-state index contributed by atoms with van der Waals surface area (Å²) in [5, 5.41) is 14.4. The van der Waals surface area contributed by atoms with Gasteiger partial charge in [0.15, 0.2) is 0 Å². The Balaban J connectivity index is 1.45. The number of carbonyl (C=O) groups is 1. The first-order valence-electron chi connectivity index (χ1n) is 8.96. The first-order chi connectivity index (χ1) is 13.6. The first kappa shape index (κ1) is 18.3. The maximum Gasteiger partial charge on any atom is 0.321 e. The summed E-state index contributed by atoms with van der Waals surface area (Å²) in [4.78, 5) is 14.9. The SMILES string of the molecule is O=C(O)[C@@H](Cc1c[nH]c2ccccc12)NCc1ccc(-c2cccc(Cl)c2)o1. The highest BCUT2D eigenvalue weighted by Gasteiger charge is 2.20. The molecule has 4 rings (SSSR count). The average Bonchev–Trinajstić information content (AvgIpc) is 3.32. The Bertz CT molecular complexity index is 1120. The summed E-state index contributed by atoms with van der Waals surface area (Å²) >= 11 is 6.03. The lowest BCUT2D eigenvalue weighted by Gasteiger charge is -2.13. The zero-order chi connectivity index (χ0) is 19.5. The summed E-state index contributed by atoms with van der Waals surface area (Å²) in [6.45, 7) is 0.319. The molecule has 0 radical (unpaired) electrons. The van der Waals surface area contributed by atoms with Gasteiger partial charge in [-0.15, -0.1) is 0 Å². The van der Waals surface area contributed by atoms with Crippen LogP contribution in [0.25, 0.3) is 22.2 Å². The summed E-state index contributed by atoms with van der Waals surface area (Å²) < 4.78 is 5.84. The largest absolute Gasteiger partial charge is 0.480 e. The number of aromatic nitrogens is 1. The van der Waals surface area contributed by atoms with Crippen LogP contribution < -0.4 is 5.32 Å². The highest BCUT2D eigenvalue weighted by atomic mass is 35.5. The van der Waals surface area contributed by atoms with Crippen LogP contribution in [0.15, 0.2) is 71.3 Å². The van der Waals surface area contributed by atoms with Crippen LogP contribution in [0.1, 0.15) is 11.3 Å². The average molecular weight is 395 g/mol. The van der Waals surface area contributed by atoms with Gasteiger partial charge in [0.2, 0.25) is 0 Å². The fraction of sp³-hybridized carbons (Fsp3) is 0.136. The van der Waals surface area contributed by atoms with Crippen molar-refractivity contribution in [2.24, 2.45) is 0 Å². The normalized spacial score (nSPS) is 12.3. The molecule has 0 bridgehead atoms. The molecule has 1 atom stereocenters. The van der Waals surface area contributed by atoms with E-state index < -0.39 is 12.0 Å². The highest BCUT2D eigenvalue weighted by Crippen LogP contribution is 2.25. The van der Waals surface area contributed by atoms with Gasteiger partial charge in [0.05, 0.1) is 6.54 Å². The van der Waals surface area contributed by atoms with Crippen molar-refractivity contribution in [2.45, 2.75) is 19.0 Å². The number of para-hydroxylation sites is 1. The monoisotopic (exact) mass is 394 g/mol. The third-order valence-corrected chi connectivity index (χ3v) is 4.93. The number of halogens is 1. The molecule has 28 heavy (non-hydrogen) atoms. The van der Waals surface area contributed by atoms with E-state index in [0.717, 1.165) is 22.0 Å². The van der Waals surface area contributed by atoms with Crippen LogP contribution in [0.2, 0.25) is 5.02 Å². The van der Waals surface area contributed by atoms with E-state index >= 15 is 0 Å². The van der Waals surface area contributed by atoms with Crippen molar-refractivity contribution in [3.05, 3.63) is 83.2 Å². The van der Waals surface area contributed by atoms with Gasteiger partial charge in [0.1, 0.15) is 17.6 Å². The van der Waals surface area contributed by atoms with Gasteiger partial charge < -0.3 is 14.5 Å². The van der Waals surface area contributed by atoms with Crippen LogP contribution in [0.5, 0.6) is 0 Å². The van der Waals surface area contributed by atoms with Crippen molar-refractivity contribution in [3.8, 4) is 11.3 Å². The Morgan fingerprint density at radius 1 is 1.14 bits per heavy atom. The number of H-pyrrole nitrogens is 1. The van der Waals surface area contributed by atoms with Gasteiger partial charge in [-0.1, -0.05) is 41.9 Å². The number of hydrogen-bond donors (Lipinski definition) is 3. The number of nitrogens with one attached hydrogen (secondary N) is 2. The van der Waals surface area contributed by atoms with Gasteiger partial charge in [-0.3, -0.25) is 10.1 Å². The van der Waals surface area contributed by atoms with Gasteiger partial charge in [-0.25, -0.2) is 0 Å². The predicted molar refractivity (Wildman–Crippen MR) is 109 cm³/mol. The third kappa shape index (κ3) is 3.96. The lowest BCUT2D eigenvalue weighted by Crippen LogP contribution is -2.37. The Morgan fingerprint density at radius 2 is 2.00 bits per heavy atom. The summed E-state index contributed by atoms with van der Waals surface area (Å²) in [5.74, 6) is 0.467. The standard InChI is InChI=1S/C22H19ClN2O3/c23-16-5-3-4-14(10-16)21-9-8-17(28-21)13-25-20(22(26)27)11-15-12-24-19-7-2-1-6-18(15)19/h1-10,12,20,24-25H,11,13H2,(H,26,27)/t20-/m1/s1. The summed E-state index contributed by atoms with van der Waals surface area (Å²) in [6.07, 6.45) is 2.24. The minimum absolute atomic E-state index is 0.319. The molecular formula is C22H19ClN2O3. The van der Waals surface area contributed by atoms with Gasteiger partial charge in [-0.05, 0) is 35.9 Å². The second kappa shape index (κ2) is 7.92. The number of furan rings is 1. The van der Waals surface area contributed by atoms with Crippen molar-refractivity contribution in [1.29, 1.82) is 0 Å². The Morgan fingerprint density at radius 3 is 2.82 bits per heavy atom. The van der Waals surface area contributed by atoms with Crippen molar-refractivity contribution in [1.82, 2.24) is 10.3 Å². The molecule has 0 aliphatic rings. The Labute approximate surface area is 166 Å². The number of aromatic amines is 1. The fourth-order valence-electron chi connectivity index (χ4n) is 3.26. The van der Waals surface area contributed by atoms with Crippen LogP contribution in [0.4, 0.5) is 0 Å². The molecule has 0 spiro atoms. The number of carboxylic acid groups (broad SMARTS) is 1. The Hall–Kier alpha value is -3.02. The molecule has 3 N–H and O–H groups in total. The van der Waals surface area contributed by atoms with Crippen molar-refractivity contribution in [2.75, 3.05) is 0 Å². The van der Waals surface area contributed by atoms with Crippen LogP contribution in [-0.2, 0) is 17.8 Å². The topological polar surface area (TPSA) is 78.3 Å². The fourth-order valence-corrected chi connectivity index (χ4v) is 3.45. The summed E-state index contributed by atoms with van der Waals surface area (Å²) in [5.41, 5.74) is 2.85. The smallest absolute Gasteiger partial charge is 0.321 e. The quantitative estimate of drug-likeness (QED) is 0.418. The summed E-state index contributed by atoms with van der Waals surface area (Å²) in [6, 6.07) is 18.2. The van der Waals surface area contributed by atoms with E-state index in [1.165, 1.54) is 0 Å². The van der Waals surface area contributed by atoms with Crippen LogP contribution in [0, 0.1) is 0 Å². The van der Waals surface area contributed by atoms with Gasteiger partial charge in [-0.2, -0.15) is 0 Å². The molecule has 0 saturated carbocycles. The Kier molecular flexibility index (Phi) is 5.19. The number of carboxylic acids is 1. The van der Waals surface area contributed by atoms with Crippen LogP contribution in [-0.4, -0.2) is 22.1 Å². The molecule has 142 valence electrons. The third-order valence-electron chi connectivity index (χ3n) is 4.69. The van der Waals surface area contributed by atoms with E-state index in [1.807, 2.05) is 60.8 Å². The van der Waals surface area contributed by atoms with E-state index in [9.17, 15) is 9.90 Å². The predicted octanol–water partition coefficient (Wildman–Crippen LogP) is 4.87. The van der Waals surface area contributed by atoms with Gasteiger partial charge >= 0.3 is 5.97 Å². The molecule has 0 fully saturated rings. The maximum absolute atomic E-state index is 11.7. The molecule has 0 amide bonds. The van der Waals surface area contributed by atoms with Crippen molar-refractivity contribution in [3.63, 3.8) is 0 Å². The molecule has 0 unspecified atom stereocenters. The first-order valence-corrected chi connectivity index (χ1v) is 9.34. The lowest BCUT2D eigenvalue weighted by molar-refractivity contribution is -0.139. The molecule has 2 aromatic carbocycles. The number of fused-ring (bicyclic) bond motifs is 1. The number of rotatable bonds is 7. The van der Waals surface area contributed by atoms with E-state index in [0.29, 0.717) is 29.5 Å². The number of benzene rings is 2. The molecule has 0 aliphatic heterocycles. The minimum atomic E-state index is -0.896. The molecule has 0 aliphatic carbocycles. The van der Waals surface area contributed by atoms with Gasteiger partial charge in [0.25, 0.3) is 0 Å². The van der Waals surface area contributed by atoms with Gasteiger partial charge in [0, 0.05) is 34.1 Å². The van der Waals surface area contributed by atoms with Crippen molar-refractivity contribution < 1.29 is 14.3 Å². The van der Waals surface area contributed by atoms with Crippen molar-refractivity contribution >= 4 is 28.5 Å². The zero-order valence-corrected chi connectivity index (χ0v) is 15.7. The molecule has 0 saturated heterocycles. The van der Waals surface area contributed by atoms with E-state index in [4.69, 9.17) is 16.0 Å². The minimum Gasteiger partial charge on any atom is -0.480 e. The molecule has 6 heteroatoms. The summed E-state index contributed by atoms with van der Waals surface area (Å²) in [7, 11) is 0. The highest BCUT2D eigenvalue weighted by molar-refractivity contribution is 6.30. The van der Waals surface area contributed by atoms with Crippen LogP contribution >= 0.6 is 11.6 Å².